The van der Waals surface area contributed by atoms with Gasteiger partial charge in [-0.25, -0.2) is 4.98 Å². The van der Waals surface area contributed by atoms with E-state index in [4.69, 9.17) is 19.4 Å². The Morgan fingerprint density at radius 1 is 1.09 bits per heavy atom. The van der Waals surface area contributed by atoms with Crippen LogP contribution < -0.4 is 15.0 Å². The summed E-state index contributed by atoms with van der Waals surface area (Å²) >= 11 is 0. The summed E-state index contributed by atoms with van der Waals surface area (Å²) in [5.41, 5.74) is 3.76. The number of hydrogen-bond donors (Lipinski definition) is 1. The summed E-state index contributed by atoms with van der Waals surface area (Å²) in [5, 5.41) is 3.46. The fourth-order valence-corrected chi connectivity index (χ4v) is 4.72. The van der Waals surface area contributed by atoms with Gasteiger partial charge in [-0.3, -0.25) is 0 Å². The van der Waals surface area contributed by atoms with Crippen LogP contribution in [-0.4, -0.2) is 45.8 Å². The number of ether oxygens (including phenoxy) is 2. The first-order valence-corrected chi connectivity index (χ1v) is 12.6. The van der Waals surface area contributed by atoms with Crippen LogP contribution in [0, 0.1) is 0 Å². The third-order valence-electron chi connectivity index (χ3n) is 6.60. The summed E-state index contributed by atoms with van der Waals surface area (Å²) in [5.74, 6) is 0.664. The molecule has 3 aromatic rings. The second-order valence-electron chi connectivity index (χ2n) is 9.02. The van der Waals surface area contributed by atoms with Gasteiger partial charge < -0.3 is 24.3 Å². The van der Waals surface area contributed by atoms with Gasteiger partial charge in [0.2, 0.25) is 0 Å². The number of morpholine rings is 1. The normalized spacial score (nSPS) is 17.5. The SMILES string of the molecule is CCCC=COc1nc(Nc2ccc(N3CCOCC3)cc2)c2ncn(C3CCCCC3)c2n1. The van der Waals surface area contributed by atoms with Crippen LogP contribution in [-0.2, 0) is 4.74 Å². The highest BCUT2D eigenvalue weighted by atomic mass is 16.5. The minimum absolute atomic E-state index is 0.338. The molecule has 1 aliphatic heterocycles. The number of nitrogens with zero attached hydrogens (tertiary/aromatic N) is 5. The number of nitrogens with one attached hydrogen (secondary N) is 1. The molecule has 0 spiro atoms. The van der Waals surface area contributed by atoms with Crippen molar-refractivity contribution in [3.8, 4) is 6.01 Å². The second-order valence-corrected chi connectivity index (χ2v) is 9.02. The Labute approximate surface area is 201 Å². The van der Waals surface area contributed by atoms with E-state index in [0.29, 0.717) is 17.9 Å². The molecule has 180 valence electrons. The molecule has 0 atom stereocenters. The standard InChI is InChI=1S/C26H34N6O2/c1-2-3-7-16-34-26-29-24(23-25(30-26)32(19-27-23)22-8-5-4-6-9-22)28-20-10-12-21(13-11-20)31-14-17-33-18-15-31/h7,10-13,16,19,22H,2-6,8-9,14-15,17-18H2,1H3,(H,28,29,30). The van der Waals surface area contributed by atoms with Crippen molar-refractivity contribution in [2.45, 2.75) is 57.9 Å². The molecular formula is C26H34N6O2. The van der Waals surface area contributed by atoms with E-state index >= 15 is 0 Å². The Morgan fingerprint density at radius 2 is 1.88 bits per heavy atom. The highest BCUT2D eigenvalue weighted by Crippen LogP contribution is 2.33. The van der Waals surface area contributed by atoms with Gasteiger partial charge in [0.1, 0.15) is 0 Å². The maximum absolute atomic E-state index is 5.80. The topological polar surface area (TPSA) is 77.3 Å². The zero-order chi connectivity index (χ0) is 23.2. The predicted octanol–water partition coefficient (Wildman–Crippen LogP) is 5.60. The molecule has 2 aliphatic rings. The van der Waals surface area contributed by atoms with E-state index in [2.05, 4.69) is 51.0 Å². The minimum atomic E-state index is 0.338. The van der Waals surface area contributed by atoms with Crippen LogP contribution in [0.1, 0.15) is 57.9 Å². The van der Waals surface area contributed by atoms with E-state index in [1.807, 2.05) is 12.4 Å². The Balaban J connectivity index is 1.43. The molecule has 0 bridgehead atoms. The molecule has 3 heterocycles. The summed E-state index contributed by atoms with van der Waals surface area (Å²) in [4.78, 5) is 16.5. The minimum Gasteiger partial charge on any atom is -0.433 e. The van der Waals surface area contributed by atoms with Crippen molar-refractivity contribution in [1.82, 2.24) is 19.5 Å². The third-order valence-corrected chi connectivity index (χ3v) is 6.60. The second kappa shape index (κ2) is 10.9. The average Bonchev–Trinajstić information content (AvgIpc) is 3.32. The molecule has 5 rings (SSSR count). The summed E-state index contributed by atoms with van der Waals surface area (Å²) < 4.78 is 13.5. The summed E-state index contributed by atoms with van der Waals surface area (Å²) in [7, 11) is 0. The maximum Gasteiger partial charge on any atom is 0.325 e. The largest absolute Gasteiger partial charge is 0.433 e. The molecule has 1 aliphatic carbocycles. The third kappa shape index (κ3) is 5.17. The number of fused-ring (bicyclic) bond motifs is 1. The van der Waals surface area contributed by atoms with E-state index in [1.165, 1.54) is 24.9 Å². The van der Waals surface area contributed by atoms with Gasteiger partial charge in [0.05, 0.1) is 25.8 Å². The lowest BCUT2D eigenvalue weighted by molar-refractivity contribution is 0.122. The first-order valence-electron chi connectivity index (χ1n) is 12.6. The number of unbranched alkanes of at least 4 members (excludes halogenated alkanes) is 1. The van der Waals surface area contributed by atoms with Crippen molar-refractivity contribution in [3.05, 3.63) is 42.9 Å². The van der Waals surface area contributed by atoms with Crippen molar-refractivity contribution in [2.75, 3.05) is 36.5 Å². The molecule has 0 radical (unpaired) electrons. The lowest BCUT2D eigenvalue weighted by atomic mass is 9.95. The zero-order valence-corrected chi connectivity index (χ0v) is 19.9. The van der Waals surface area contributed by atoms with E-state index in [-0.39, 0.29) is 0 Å². The number of rotatable bonds is 8. The van der Waals surface area contributed by atoms with Crippen LogP contribution in [0.5, 0.6) is 6.01 Å². The van der Waals surface area contributed by atoms with Crippen molar-refractivity contribution in [2.24, 2.45) is 0 Å². The van der Waals surface area contributed by atoms with Crippen LogP contribution in [0.2, 0.25) is 0 Å². The molecular weight excluding hydrogens is 428 g/mol. The lowest BCUT2D eigenvalue weighted by Crippen LogP contribution is -2.36. The van der Waals surface area contributed by atoms with Gasteiger partial charge in [-0.1, -0.05) is 32.6 Å². The predicted molar refractivity (Wildman–Crippen MR) is 135 cm³/mol. The zero-order valence-electron chi connectivity index (χ0n) is 19.9. The molecule has 1 aromatic carbocycles. The fraction of sp³-hybridized carbons (Fsp3) is 0.500. The number of allylic oxidation sites excluding steroid dienone is 1. The Morgan fingerprint density at radius 3 is 2.65 bits per heavy atom. The van der Waals surface area contributed by atoms with Crippen molar-refractivity contribution < 1.29 is 9.47 Å². The lowest BCUT2D eigenvalue weighted by Gasteiger charge is -2.28. The number of imidazole rings is 1. The van der Waals surface area contributed by atoms with Crippen LogP contribution in [0.15, 0.2) is 42.9 Å². The van der Waals surface area contributed by atoms with Gasteiger partial charge >= 0.3 is 6.01 Å². The smallest absolute Gasteiger partial charge is 0.325 e. The molecule has 8 heteroatoms. The highest BCUT2D eigenvalue weighted by Gasteiger charge is 2.21. The molecule has 1 saturated heterocycles. The first-order chi connectivity index (χ1) is 16.8. The number of benzene rings is 1. The Kier molecular flexibility index (Phi) is 7.24. The van der Waals surface area contributed by atoms with Crippen LogP contribution in [0.4, 0.5) is 17.2 Å². The van der Waals surface area contributed by atoms with Gasteiger partial charge in [-0.05, 0) is 49.6 Å². The van der Waals surface area contributed by atoms with Gasteiger partial charge in [-0.2, -0.15) is 9.97 Å². The Hall–Kier alpha value is -3.13. The van der Waals surface area contributed by atoms with Crippen LogP contribution in [0.25, 0.3) is 11.2 Å². The van der Waals surface area contributed by atoms with Gasteiger partial charge in [0.25, 0.3) is 0 Å². The van der Waals surface area contributed by atoms with E-state index < -0.39 is 0 Å². The number of anilines is 3. The number of hydrogen-bond acceptors (Lipinski definition) is 7. The molecule has 8 nitrogen and oxygen atoms in total. The quantitative estimate of drug-likeness (QED) is 0.436. The summed E-state index contributed by atoms with van der Waals surface area (Å²) in [6, 6.07) is 9.20. The summed E-state index contributed by atoms with van der Waals surface area (Å²) in [6.45, 7) is 5.53. The average molecular weight is 463 g/mol. The molecule has 0 amide bonds. The first kappa shape index (κ1) is 22.7. The molecule has 1 N–H and O–H groups in total. The molecule has 2 fully saturated rings. The van der Waals surface area contributed by atoms with Gasteiger partial charge in [0.15, 0.2) is 17.0 Å². The number of aromatic nitrogens is 4. The van der Waals surface area contributed by atoms with Crippen LogP contribution in [0.3, 0.4) is 0 Å². The monoisotopic (exact) mass is 462 g/mol. The van der Waals surface area contributed by atoms with E-state index in [0.717, 1.165) is 68.8 Å². The molecule has 1 saturated carbocycles. The van der Waals surface area contributed by atoms with E-state index in [1.54, 1.807) is 6.26 Å². The molecule has 0 unspecified atom stereocenters. The van der Waals surface area contributed by atoms with Gasteiger partial charge in [0, 0.05) is 30.5 Å². The van der Waals surface area contributed by atoms with Crippen molar-refractivity contribution in [1.29, 1.82) is 0 Å². The fourth-order valence-electron chi connectivity index (χ4n) is 4.72. The van der Waals surface area contributed by atoms with Crippen molar-refractivity contribution in [3.63, 3.8) is 0 Å². The van der Waals surface area contributed by atoms with E-state index in [9.17, 15) is 0 Å². The van der Waals surface area contributed by atoms with Crippen molar-refractivity contribution >= 4 is 28.4 Å². The molecule has 34 heavy (non-hydrogen) atoms. The summed E-state index contributed by atoms with van der Waals surface area (Å²) in [6.07, 6.45) is 13.8. The maximum atomic E-state index is 5.80. The highest BCUT2D eigenvalue weighted by molar-refractivity contribution is 5.86. The molecule has 2 aromatic heterocycles. The Bertz CT molecular complexity index is 1100. The van der Waals surface area contributed by atoms with Gasteiger partial charge in [-0.15, -0.1) is 0 Å². The van der Waals surface area contributed by atoms with Crippen LogP contribution >= 0.6 is 0 Å².